The molecule has 0 spiro atoms. The maximum absolute atomic E-state index is 11.8. The van der Waals surface area contributed by atoms with Gasteiger partial charge in [0, 0.05) is 13.1 Å². The maximum Gasteiger partial charge on any atom is 0.341 e. The Kier molecular flexibility index (Phi) is 4.29. The second-order valence-corrected chi connectivity index (χ2v) is 4.15. The summed E-state index contributed by atoms with van der Waals surface area (Å²) in [5.74, 6) is -0.0131. The van der Waals surface area contributed by atoms with Crippen molar-refractivity contribution < 1.29 is 14.3 Å². The fourth-order valence-corrected chi connectivity index (χ4v) is 1.62. The molecule has 0 aromatic carbocycles. The van der Waals surface area contributed by atoms with Gasteiger partial charge in [-0.1, -0.05) is 0 Å². The Hall–Kier alpha value is -2.44. The molecule has 0 radical (unpaired) electrons. The fraction of sp³-hybridized carbons (Fsp3) is 0.385. The number of esters is 1. The Morgan fingerprint density at radius 1 is 1.35 bits per heavy atom. The summed E-state index contributed by atoms with van der Waals surface area (Å²) >= 11 is 0. The Morgan fingerprint density at radius 3 is 2.80 bits per heavy atom. The van der Waals surface area contributed by atoms with E-state index in [1.807, 2.05) is 6.92 Å². The van der Waals surface area contributed by atoms with Crippen LogP contribution in [-0.4, -0.2) is 32.6 Å². The smallest absolute Gasteiger partial charge is 0.341 e. The van der Waals surface area contributed by atoms with Crippen molar-refractivity contribution in [2.75, 3.05) is 6.61 Å². The molecule has 2 rings (SSSR count). The zero-order valence-corrected chi connectivity index (χ0v) is 11.7. The van der Waals surface area contributed by atoms with Gasteiger partial charge in [0.05, 0.1) is 24.2 Å². The van der Waals surface area contributed by atoms with Crippen LogP contribution in [-0.2, 0) is 18.4 Å². The average molecular weight is 276 g/mol. The zero-order chi connectivity index (χ0) is 14.5. The molecule has 0 unspecified atom stereocenters. The van der Waals surface area contributed by atoms with E-state index in [-0.39, 0.29) is 6.61 Å². The monoisotopic (exact) mass is 276 g/mol. The molecule has 7 nitrogen and oxygen atoms in total. The van der Waals surface area contributed by atoms with Crippen LogP contribution in [0.1, 0.15) is 28.7 Å². The van der Waals surface area contributed by atoms with Crippen LogP contribution in [0.15, 0.2) is 18.3 Å². The Morgan fingerprint density at radius 2 is 2.15 bits per heavy atom. The minimum absolute atomic E-state index is 0.169. The summed E-state index contributed by atoms with van der Waals surface area (Å²) < 4.78 is 12.1. The molecule has 20 heavy (non-hydrogen) atoms. The van der Waals surface area contributed by atoms with Crippen LogP contribution in [0.25, 0.3) is 0 Å². The second-order valence-electron chi connectivity index (χ2n) is 4.15. The van der Waals surface area contributed by atoms with Crippen LogP contribution in [0.3, 0.4) is 0 Å². The summed E-state index contributed by atoms with van der Waals surface area (Å²) in [6.07, 6.45) is 1.47. The summed E-state index contributed by atoms with van der Waals surface area (Å²) in [7, 11) is 1.74. The molecule has 0 saturated heterocycles. The summed E-state index contributed by atoms with van der Waals surface area (Å²) in [4.78, 5) is 11.8. The first-order valence-corrected chi connectivity index (χ1v) is 6.23. The molecule has 0 saturated carbocycles. The van der Waals surface area contributed by atoms with Crippen molar-refractivity contribution in [3.63, 3.8) is 0 Å². The summed E-state index contributed by atoms with van der Waals surface area (Å²) in [5.41, 5.74) is 1.84. The largest absolute Gasteiger partial charge is 0.470 e. The summed E-state index contributed by atoms with van der Waals surface area (Å²) in [6, 6.07) is 3.53. The van der Waals surface area contributed by atoms with E-state index < -0.39 is 5.97 Å². The van der Waals surface area contributed by atoms with Crippen LogP contribution in [0.2, 0.25) is 0 Å². The van der Waals surface area contributed by atoms with Crippen molar-refractivity contribution in [2.24, 2.45) is 7.05 Å². The molecule has 2 aromatic rings. The molecule has 0 amide bonds. The molecule has 0 aliphatic rings. The molecular weight excluding hydrogens is 260 g/mol. The van der Waals surface area contributed by atoms with Crippen LogP contribution >= 0.6 is 0 Å². The van der Waals surface area contributed by atoms with E-state index in [2.05, 4.69) is 15.3 Å². The SMILES string of the molecule is CCOC(=O)c1cnn(C)c1COc1ccc(C)nn1. The fourth-order valence-electron chi connectivity index (χ4n) is 1.62. The predicted molar refractivity (Wildman–Crippen MR) is 70.3 cm³/mol. The van der Waals surface area contributed by atoms with Gasteiger partial charge >= 0.3 is 5.97 Å². The van der Waals surface area contributed by atoms with Gasteiger partial charge in [0.15, 0.2) is 0 Å². The highest BCUT2D eigenvalue weighted by Crippen LogP contribution is 2.13. The van der Waals surface area contributed by atoms with Crippen molar-refractivity contribution in [3.8, 4) is 5.88 Å². The molecule has 0 bridgehead atoms. The predicted octanol–water partition coefficient (Wildman–Crippen LogP) is 1.27. The number of carbonyl (C=O) groups is 1. The van der Waals surface area contributed by atoms with Crippen molar-refractivity contribution in [3.05, 3.63) is 35.3 Å². The minimum Gasteiger partial charge on any atom is -0.470 e. The molecule has 0 fully saturated rings. The normalized spacial score (nSPS) is 10.3. The van der Waals surface area contributed by atoms with Gasteiger partial charge < -0.3 is 9.47 Å². The third kappa shape index (κ3) is 3.11. The molecule has 2 heterocycles. The molecule has 2 aromatic heterocycles. The lowest BCUT2D eigenvalue weighted by molar-refractivity contribution is 0.0523. The number of aromatic nitrogens is 4. The van der Waals surface area contributed by atoms with Gasteiger partial charge in [-0.2, -0.15) is 10.2 Å². The molecule has 0 aliphatic heterocycles. The number of hydrogen-bond donors (Lipinski definition) is 0. The third-order valence-electron chi connectivity index (χ3n) is 2.69. The lowest BCUT2D eigenvalue weighted by Crippen LogP contribution is -2.11. The van der Waals surface area contributed by atoms with Crippen molar-refractivity contribution in [2.45, 2.75) is 20.5 Å². The quantitative estimate of drug-likeness (QED) is 0.765. The van der Waals surface area contributed by atoms with E-state index >= 15 is 0 Å². The molecule has 0 aliphatic carbocycles. The number of nitrogens with zero attached hydrogens (tertiary/aromatic N) is 4. The van der Waals surface area contributed by atoms with Crippen molar-refractivity contribution >= 4 is 5.97 Å². The van der Waals surface area contributed by atoms with E-state index in [1.165, 1.54) is 6.20 Å². The summed E-state index contributed by atoms with van der Waals surface area (Å²) in [6.45, 7) is 4.09. The number of aryl methyl sites for hydroxylation is 2. The third-order valence-corrected chi connectivity index (χ3v) is 2.69. The van der Waals surface area contributed by atoms with Crippen LogP contribution in [0, 0.1) is 6.92 Å². The van der Waals surface area contributed by atoms with E-state index in [9.17, 15) is 4.79 Å². The van der Waals surface area contributed by atoms with E-state index in [1.54, 1.807) is 30.8 Å². The molecule has 0 N–H and O–H groups in total. The van der Waals surface area contributed by atoms with E-state index in [0.717, 1.165) is 5.69 Å². The van der Waals surface area contributed by atoms with Gasteiger partial charge in [-0.05, 0) is 19.9 Å². The number of hydrogen-bond acceptors (Lipinski definition) is 6. The first kappa shape index (κ1) is 14.0. The molecule has 106 valence electrons. The van der Waals surface area contributed by atoms with Crippen LogP contribution in [0.4, 0.5) is 0 Å². The molecule has 7 heteroatoms. The molecule has 0 atom stereocenters. The van der Waals surface area contributed by atoms with Gasteiger partial charge in [0.2, 0.25) is 5.88 Å². The highest BCUT2D eigenvalue weighted by molar-refractivity contribution is 5.90. The number of ether oxygens (including phenoxy) is 2. The average Bonchev–Trinajstić information content (AvgIpc) is 2.80. The highest BCUT2D eigenvalue weighted by Gasteiger charge is 2.17. The van der Waals surface area contributed by atoms with E-state index in [0.29, 0.717) is 23.7 Å². The van der Waals surface area contributed by atoms with Gasteiger partial charge in [-0.25, -0.2) is 4.79 Å². The Balaban J connectivity index is 2.11. The number of rotatable bonds is 5. The van der Waals surface area contributed by atoms with Crippen LogP contribution < -0.4 is 4.74 Å². The van der Waals surface area contributed by atoms with Gasteiger partial charge in [-0.3, -0.25) is 4.68 Å². The Bertz CT molecular complexity index is 592. The first-order chi connectivity index (χ1) is 9.61. The Labute approximate surface area is 116 Å². The maximum atomic E-state index is 11.8. The second kappa shape index (κ2) is 6.14. The van der Waals surface area contributed by atoms with Gasteiger partial charge in [0.25, 0.3) is 0 Å². The van der Waals surface area contributed by atoms with Crippen molar-refractivity contribution in [1.29, 1.82) is 0 Å². The first-order valence-electron chi connectivity index (χ1n) is 6.23. The van der Waals surface area contributed by atoms with Gasteiger partial charge in [-0.15, -0.1) is 5.10 Å². The molecular formula is C13H16N4O3. The lowest BCUT2D eigenvalue weighted by Gasteiger charge is -2.07. The lowest BCUT2D eigenvalue weighted by atomic mass is 10.2. The van der Waals surface area contributed by atoms with Crippen molar-refractivity contribution in [1.82, 2.24) is 20.0 Å². The summed E-state index contributed by atoms with van der Waals surface area (Å²) in [5, 5.41) is 11.8. The standard InChI is InChI=1S/C13H16N4O3/c1-4-19-13(18)10-7-14-17(3)11(10)8-20-12-6-5-9(2)15-16-12/h5-7H,4,8H2,1-3H3. The topological polar surface area (TPSA) is 79.1 Å². The van der Waals surface area contributed by atoms with Crippen LogP contribution in [0.5, 0.6) is 5.88 Å². The highest BCUT2D eigenvalue weighted by atomic mass is 16.5. The van der Waals surface area contributed by atoms with Gasteiger partial charge in [0.1, 0.15) is 12.2 Å². The zero-order valence-electron chi connectivity index (χ0n) is 11.7. The number of carbonyl (C=O) groups excluding carboxylic acids is 1. The van der Waals surface area contributed by atoms with E-state index in [4.69, 9.17) is 9.47 Å². The minimum atomic E-state index is -0.408.